The highest BCUT2D eigenvalue weighted by atomic mass is 19.1. The van der Waals surface area contributed by atoms with E-state index in [0.717, 1.165) is 26.1 Å². The normalized spacial score (nSPS) is 14.2. The Bertz CT molecular complexity index is 926. The molecule has 29 heavy (non-hydrogen) atoms. The second kappa shape index (κ2) is 9.69. The molecule has 0 saturated carbocycles. The monoisotopic (exact) mass is 402 g/mol. The van der Waals surface area contributed by atoms with Gasteiger partial charge in [-0.25, -0.2) is 9.18 Å². The van der Waals surface area contributed by atoms with Gasteiger partial charge in [0.15, 0.2) is 0 Å². The lowest BCUT2D eigenvalue weighted by molar-refractivity contribution is 0.0593. The maximum Gasteiger partial charge on any atom is 0.343 e. The predicted octanol–water partition coefficient (Wildman–Crippen LogP) is 2.66. The molecule has 0 aliphatic carbocycles. The molecule has 0 saturated heterocycles. The summed E-state index contributed by atoms with van der Waals surface area (Å²) in [7, 11) is 1.31. The summed E-state index contributed by atoms with van der Waals surface area (Å²) >= 11 is 0. The van der Waals surface area contributed by atoms with Crippen molar-refractivity contribution >= 4 is 5.97 Å². The summed E-state index contributed by atoms with van der Waals surface area (Å²) in [5.41, 5.74) is 1.25. The van der Waals surface area contributed by atoms with E-state index in [0.29, 0.717) is 36.2 Å². The molecule has 1 aliphatic rings. The number of benzene rings is 1. The molecule has 1 aromatic heterocycles. The van der Waals surface area contributed by atoms with Gasteiger partial charge in [0.25, 0.3) is 5.56 Å². The van der Waals surface area contributed by atoms with Crippen LogP contribution in [0, 0.1) is 5.82 Å². The lowest BCUT2D eigenvalue weighted by Crippen LogP contribution is -2.29. The molecule has 3 rings (SSSR count). The third-order valence-electron chi connectivity index (χ3n) is 5.20. The first-order valence-corrected chi connectivity index (χ1v) is 9.98. The van der Waals surface area contributed by atoms with Gasteiger partial charge in [-0.1, -0.05) is 25.1 Å². The molecular weight excluding hydrogens is 375 g/mol. The standard InChI is InChI=1S/C22H27FN2O4/c1-3-10-24-11-8-18-21(22(27)28-2)19(15-20(26)25(18)13-12-24)29-14-9-16-6-4-5-7-17(16)23/h4-7,15H,3,8-14H2,1-2H3. The molecule has 2 aromatic rings. The number of rotatable bonds is 7. The first-order chi connectivity index (χ1) is 14.0. The van der Waals surface area contributed by atoms with Crippen LogP contribution in [0.25, 0.3) is 0 Å². The maximum atomic E-state index is 13.8. The summed E-state index contributed by atoms with van der Waals surface area (Å²) in [4.78, 5) is 27.5. The number of hydrogen-bond acceptors (Lipinski definition) is 5. The van der Waals surface area contributed by atoms with Gasteiger partial charge in [0.1, 0.15) is 17.1 Å². The molecule has 7 heteroatoms. The molecule has 0 unspecified atom stereocenters. The summed E-state index contributed by atoms with van der Waals surface area (Å²) in [5, 5.41) is 0. The van der Waals surface area contributed by atoms with Crippen molar-refractivity contribution in [3.63, 3.8) is 0 Å². The van der Waals surface area contributed by atoms with Crippen molar-refractivity contribution in [2.24, 2.45) is 0 Å². The highest BCUT2D eigenvalue weighted by Gasteiger charge is 2.26. The van der Waals surface area contributed by atoms with Gasteiger partial charge < -0.3 is 18.9 Å². The van der Waals surface area contributed by atoms with Gasteiger partial charge in [0.2, 0.25) is 0 Å². The molecule has 0 fully saturated rings. The quantitative estimate of drug-likeness (QED) is 0.667. The summed E-state index contributed by atoms with van der Waals surface area (Å²) in [5.74, 6) is -0.630. The van der Waals surface area contributed by atoms with Crippen LogP contribution in [0.1, 0.15) is 35.0 Å². The van der Waals surface area contributed by atoms with Crippen LogP contribution in [-0.2, 0) is 24.1 Å². The number of carbonyl (C=O) groups is 1. The van der Waals surface area contributed by atoms with Crippen LogP contribution in [0.15, 0.2) is 35.1 Å². The van der Waals surface area contributed by atoms with Crippen LogP contribution in [0.3, 0.4) is 0 Å². The topological polar surface area (TPSA) is 60.8 Å². The second-order valence-electron chi connectivity index (χ2n) is 7.09. The van der Waals surface area contributed by atoms with Crippen molar-refractivity contribution in [3.8, 4) is 5.75 Å². The number of nitrogens with zero attached hydrogens (tertiary/aromatic N) is 2. The van der Waals surface area contributed by atoms with Crippen molar-refractivity contribution < 1.29 is 18.7 Å². The highest BCUT2D eigenvalue weighted by molar-refractivity contribution is 5.93. The van der Waals surface area contributed by atoms with E-state index in [1.54, 1.807) is 22.8 Å². The van der Waals surface area contributed by atoms with Crippen LogP contribution in [0.4, 0.5) is 4.39 Å². The average Bonchev–Trinajstić information content (AvgIpc) is 2.93. The van der Waals surface area contributed by atoms with Crippen molar-refractivity contribution in [1.82, 2.24) is 9.47 Å². The number of esters is 1. The Kier molecular flexibility index (Phi) is 7.04. The Morgan fingerprint density at radius 3 is 2.72 bits per heavy atom. The van der Waals surface area contributed by atoms with Crippen LogP contribution < -0.4 is 10.3 Å². The number of carbonyl (C=O) groups excluding carboxylic acids is 1. The van der Waals surface area contributed by atoms with E-state index in [9.17, 15) is 14.0 Å². The van der Waals surface area contributed by atoms with E-state index in [2.05, 4.69) is 11.8 Å². The Morgan fingerprint density at radius 2 is 2.00 bits per heavy atom. The van der Waals surface area contributed by atoms with E-state index in [-0.39, 0.29) is 23.7 Å². The Balaban J connectivity index is 1.87. The fourth-order valence-corrected chi connectivity index (χ4v) is 3.74. The van der Waals surface area contributed by atoms with Crippen molar-refractivity contribution in [3.05, 3.63) is 63.3 Å². The van der Waals surface area contributed by atoms with Crippen LogP contribution in [0.5, 0.6) is 5.75 Å². The number of fused-ring (bicyclic) bond motifs is 1. The molecule has 156 valence electrons. The first-order valence-electron chi connectivity index (χ1n) is 9.98. The molecule has 0 bridgehead atoms. The zero-order valence-electron chi connectivity index (χ0n) is 16.9. The van der Waals surface area contributed by atoms with Gasteiger partial charge in [-0.2, -0.15) is 0 Å². The van der Waals surface area contributed by atoms with Crippen LogP contribution in [0.2, 0.25) is 0 Å². The summed E-state index contributed by atoms with van der Waals surface area (Å²) < 4.78 is 26.2. The maximum absolute atomic E-state index is 13.8. The number of aromatic nitrogens is 1. The minimum absolute atomic E-state index is 0.149. The lowest BCUT2D eigenvalue weighted by Gasteiger charge is -2.17. The molecule has 0 spiro atoms. The van der Waals surface area contributed by atoms with Gasteiger partial charge in [-0.05, 0) is 24.6 Å². The summed E-state index contributed by atoms with van der Waals surface area (Å²) in [6, 6.07) is 7.81. The molecule has 0 amide bonds. The number of hydrogen-bond donors (Lipinski definition) is 0. The summed E-state index contributed by atoms with van der Waals surface area (Å²) in [6.45, 7) is 5.25. The second-order valence-corrected chi connectivity index (χ2v) is 7.09. The Hall–Kier alpha value is -2.67. The minimum Gasteiger partial charge on any atom is -0.492 e. The Morgan fingerprint density at radius 1 is 1.21 bits per heavy atom. The molecule has 0 N–H and O–H groups in total. The van der Waals surface area contributed by atoms with E-state index >= 15 is 0 Å². The van der Waals surface area contributed by atoms with Crippen molar-refractivity contribution in [2.45, 2.75) is 32.7 Å². The molecule has 0 radical (unpaired) electrons. The number of ether oxygens (including phenoxy) is 2. The highest BCUT2D eigenvalue weighted by Crippen LogP contribution is 2.24. The molecule has 6 nitrogen and oxygen atoms in total. The molecule has 1 aromatic carbocycles. The fourth-order valence-electron chi connectivity index (χ4n) is 3.74. The molecule has 1 aliphatic heterocycles. The van der Waals surface area contributed by atoms with E-state index in [1.807, 2.05) is 0 Å². The van der Waals surface area contributed by atoms with Gasteiger partial charge in [0.05, 0.1) is 13.7 Å². The molecule has 2 heterocycles. The lowest BCUT2D eigenvalue weighted by atomic mass is 10.1. The fraction of sp³-hybridized carbons (Fsp3) is 0.455. The number of pyridine rings is 1. The smallest absolute Gasteiger partial charge is 0.343 e. The Labute approximate surface area is 169 Å². The molecular formula is C22H27FN2O4. The predicted molar refractivity (Wildman–Crippen MR) is 108 cm³/mol. The first kappa shape index (κ1) is 21.0. The third-order valence-corrected chi connectivity index (χ3v) is 5.20. The molecule has 0 atom stereocenters. The van der Waals surface area contributed by atoms with Crippen molar-refractivity contribution in [1.29, 1.82) is 0 Å². The van der Waals surface area contributed by atoms with E-state index in [1.165, 1.54) is 19.2 Å². The van der Waals surface area contributed by atoms with Gasteiger partial charge in [-0.15, -0.1) is 0 Å². The van der Waals surface area contributed by atoms with Crippen LogP contribution in [-0.4, -0.2) is 48.8 Å². The largest absolute Gasteiger partial charge is 0.492 e. The van der Waals surface area contributed by atoms with Crippen LogP contribution >= 0.6 is 0 Å². The number of halogens is 1. The average molecular weight is 402 g/mol. The van der Waals surface area contributed by atoms with Gasteiger partial charge in [0, 0.05) is 44.2 Å². The SMILES string of the molecule is CCCN1CCc2c(C(=O)OC)c(OCCc3ccccc3F)cc(=O)n2CC1. The van der Waals surface area contributed by atoms with E-state index < -0.39 is 5.97 Å². The third kappa shape index (κ3) is 4.85. The summed E-state index contributed by atoms with van der Waals surface area (Å²) in [6.07, 6.45) is 1.92. The van der Waals surface area contributed by atoms with Gasteiger partial charge in [-0.3, -0.25) is 4.79 Å². The van der Waals surface area contributed by atoms with Crippen molar-refractivity contribution in [2.75, 3.05) is 33.4 Å². The van der Waals surface area contributed by atoms with E-state index in [4.69, 9.17) is 9.47 Å². The number of methoxy groups -OCH3 is 1. The zero-order valence-corrected chi connectivity index (χ0v) is 16.9. The minimum atomic E-state index is -0.529. The zero-order chi connectivity index (χ0) is 20.8. The van der Waals surface area contributed by atoms with Gasteiger partial charge >= 0.3 is 5.97 Å².